The molecule has 0 amide bonds. The molecule has 1 aromatic carbocycles. The van der Waals surface area contributed by atoms with Gasteiger partial charge in [-0.2, -0.15) is 0 Å². The Morgan fingerprint density at radius 1 is 1.21 bits per heavy atom. The van der Waals surface area contributed by atoms with E-state index in [1.54, 1.807) is 0 Å². The SMILES string of the molecule is CC(O)CC(CNCc1cc[nH]c1)c1ccccc1. The van der Waals surface area contributed by atoms with Gasteiger partial charge in [-0.1, -0.05) is 30.3 Å². The average molecular weight is 258 g/mol. The molecule has 0 aliphatic carbocycles. The Bertz CT molecular complexity index is 451. The van der Waals surface area contributed by atoms with Crippen molar-refractivity contribution in [2.45, 2.75) is 31.9 Å². The lowest BCUT2D eigenvalue weighted by molar-refractivity contribution is 0.173. The van der Waals surface area contributed by atoms with E-state index in [4.69, 9.17) is 0 Å². The first-order valence-corrected chi connectivity index (χ1v) is 6.81. The van der Waals surface area contributed by atoms with Gasteiger partial charge in [0.15, 0.2) is 0 Å². The molecule has 0 saturated heterocycles. The molecular formula is C16H22N2O. The van der Waals surface area contributed by atoms with Gasteiger partial charge in [0.25, 0.3) is 0 Å². The first-order chi connectivity index (χ1) is 9.25. The van der Waals surface area contributed by atoms with Crippen LogP contribution in [0.2, 0.25) is 0 Å². The van der Waals surface area contributed by atoms with E-state index in [0.717, 1.165) is 19.5 Å². The zero-order valence-electron chi connectivity index (χ0n) is 11.3. The van der Waals surface area contributed by atoms with Crippen LogP contribution in [0.3, 0.4) is 0 Å². The van der Waals surface area contributed by atoms with E-state index in [1.165, 1.54) is 11.1 Å². The summed E-state index contributed by atoms with van der Waals surface area (Å²) in [5, 5.41) is 13.1. The van der Waals surface area contributed by atoms with E-state index >= 15 is 0 Å². The smallest absolute Gasteiger partial charge is 0.0518 e. The van der Waals surface area contributed by atoms with E-state index in [0.29, 0.717) is 5.92 Å². The standard InChI is InChI=1S/C16H22N2O/c1-13(19)9-16(15-5-3-2-4-6-15)12-18-11-14-7-8-17-10-14/h2-8,10,13,16-19H,9,11-12H2,1H3. The van der Waals surface area contributed by atoms with Crippen molar-refractivity contribution in [1.29, 1.82) is 0 Å². The summed E-state index contributed by atoms with van der Waals surface area (Å²) in [6.07, 6.45) is 4.43. The summed E-state index contributed by atoms with van der Waals surface area (Å²) in [5.74, 6) is 0.347. The largest absolute Gasteiger partial charge is 0.393 e. The molecule has 102 valence electrons. The minimum Gasteiger partial charge on any atom is -0.393 e. The van der Waals surface area contributed by atoms with E-state index in [2.05, 4.69) is 40.6 Å². The summed E-state index contributed by atoms with van der Waals surface area (Å²) < 4.78 is 0. The van der Waals surface area contributed by atoms with Crippen LogP contribution in [0.4, 0.5) is 0 Å². The molecule has 0 aliphatic rings. The van der Waals surface area contributed by atoms with Crippen LogP contribution in [-0.2, 0) is 6.54 Å². The number of aromatic amines is 1. The molecule has 2 aromatic rings. The Labute approximate surface area is 114 Å². The molecule has 1 heterocycles. The number of rotatable bonds is 7. The number of hydrogen-bond acceptors (Lipinski definition) is 2. The maximum absolute atomic E-state index is 9.63. The van der Waals surface area contributed by atoms with Crippen molar-refractivity contribution in [2.24, 2.45) is 0 Å². The van der Waals surface area contributed by atoms with Gasteiger partial charge in [-0.25, -0.2) is 0 Å². The summed E-state index contributed by atoms with van der Waals surface area (Å²) in [4.78, 5) is 3.05. The molecule has 3 nitrogen and oxygen atoms in total. The van der Waals surface area contributed by atoms with Gasteiger partial charge in [0.05, 0.1) is 6.10 Å². The molecule has 3 heteroatoms. The average Bonchev–Trinajstić information content (AvgIpc) is 2.91. The first-order valence-electron chi connectivity index (χ1n) is 6.81. The predicted molar refractivity (Wildman–Crippen MR) is 78.0 cm³/mol. The van der Waals surface area contributed by atoms with Gasteiger partial charge >= 0.3 is 0 Å². The van der Waals surface area contributed by atoms with Crippen LogP contribution in [0.15, 0.2) is 48.8 Å². The lowest BCUT2D eigenvalue weighted by Gasteiger charge is -2.19. The van der Waals surface area contributed by atoms with Crippen molar-refractivity contribution >= 4 is 0 Å². The summed E-state index contributed by atoms with van der Waals surface area (Å²) in [6, 6.07) is 12.5. The molecule has 2 unspecified atom stereocenters. The van der Waals surface area contributed by atoms with Crippen LogP contribution >= 0.6 is 0 Å². The maximum atomic E-state index is 9.63. The summed E-state index contributed by atoms with van der Waals surface area (Å²) in [7, 11) is 0. The molecule has 0 bridgehead atoms. The molecule has 19 heavy (non-hydrogen) atoms. The van der Waals surface area contributed by atoms with Crippen molar-refractivity contribution in [3.63, 3.8) is 0 Å². The van der Waals surface area contributed by atoms with Gasteiger partial charge in [0, 0.05) is 25.5 Å². The summed E-state index contributed by atoms with van der Waals surface area (Å²) in [5.41, 5.74) is 2.54. The van der Waals surface area contributed by atoms with Crippen LogP contribution in [0.25, 0.3) is 0 Å². The topological polar surface area (TPSA) is 48.0 Å². The highest BCUT2D eigenvalue weighted by Gasteiger charge is 2.13. The predicted octanol–water partition coefficient (Wildman–Crippen LogP) is 2.66. The van der Waals surface area contributed by atoms with E-state index in [-0.39, 0.29) is 6.10 Å². The zero-order valence-corrected chi connectivity index (χ0v) is 11.3. The first kappa shape index (κ1) is 13.8. The van der Waals surface area contributed by atoms with Gasteiger partial charge < -0.3 is 15.4 Å². The minimum absolute atomic E-state index is 0.278. The van der Waals surface area contributed by atoms with Crippen LogP contribution in [0.1, 0.15) is 30.4 Å². The van der Waals surface area contributed by atoms with Crippen LogP contribution in [0, 0.1) is 0 Å². The highest BCUT2D eigenvalue weighted by Crippen LogP contribution is 2.20. The van der Waals surface area contributed by atoms with Gasteiger partial charge in [-0.3, -0.25) is 0 Å². The highest BCUT2D eigenvalue weighted by atomic mass is 16.3. The molecule has 2 rings (SSSR count). The lowest BCUT2D eigenvalue weighted by atomic mass is 9.93. The molecule has 1 aromatic heterocycles. The van der Waals surface area contributed by atoms with Gasteiger partial charge in [-0.05, 0) is 36.5 Å². The normalized spacial score (nSPS) is 14.2. The molecule has 3 N–H and O–H groups in total. The van der Waals surface area contributed by atoms with E-state index < -0.39 is 0 Å². The number of aromatic nitrogens is 1. The lowest BCUT2D eigenvalue weighted by Crippen LogP contribution is -2.23. The Morgan fingerprint density at radius 2 is 2.00 bits per heavy atom. The Balaban J connectivity index is 1.91. The third-order valence-corrected chi connectivity index (χ3v) is 3.28. The Hall–Kier alpha value is -1.58. The fourth-order valence-corrected chi connectivity index (χ4v) is 2.33. The second kappa shape index (κ2) is 7.12. The van der Waals surface area contributed by atoms with Crippen molar-refractivity contribution < 1.29 is 5.11 Å². The Kier molecular flexibility index (Phi) is 5.19. The molecular weight excluding hydrogens is 236 g/mol. The molecule has 2 atom stereocenters. The monoisotopic (exact) mass is 258 g/mol. The van der Waals surface area contributed by atoms with Crippen LogP contribution < -0.4 is 5.32 Å². The number of aliphatic hydroxyl groups excluding tert-OH is 1. The summed E-state index contributed by atoms with van der Waals surface area (Å²) >= 11 is 0. The van der Waals surface area contributed by atoms with Crippen molar-refractivity contribution in [1.82, 2.24) is 10.3 Å². The van der Waals surface area contributed by atoms with Crippen molar-refractivity contribution in [3.05, 3.63) is 59.9 Å². The third-order valence-electron chi connectivity index (χ3n) is 3.28. The van der Waals surface area contributed by atoms with Gasteiger partial charge in [0.2, 0.25) is 0 Å². The summed E-state index contributed by atoms with van der Waals surface area (Å²) in [6.45, 7) is 3.58. The second-order valence-corrected chi connectivity index (χ2v) is 5.04. The molecule has 0 aliphatic heterocycles. The van der Waals surface area contributed by atoms with E-state index in [1.807, 2.05) is 25.4 Å². The van der Waals surface area contributed by atoms with E-state index in [9.17, 15) is 5.11 Å². The van der Waals surface area contributed by atoms with Gasteiger partial charge in [0.1, 0.15) is 0 Å². The highest BCUT2D eigenvalue weighted by molar-refractivity contribution is 5.20. The molecule has 0 fully saturated rings. The van der Waals surface area contributed by atoms with Crippen molar-refractivity contribution in [2.75, 3.05) is 6.54 Å². The quantitative estimate of drug-likeness (QED) is 0.715. The number of nitrogens with one attached hydrogen (secondary N) is 2. The molecule has 0 saturated carbocycles. The van der Waals surface area contributed by atoms with Crippen LogP contribution in [-0.4, -0.2) is 22.7 Å². The number of benzene rings is 1. The van der Waals surface area contributed by atoms with Crippen molar-refractivity contribution in [3.8, 4) is 0 Å². The zero-order chi connectivity index (χ0) is 13.5. The fraction of sp³-hybridized carbons (Fsp3) is 0.375. The third kappa shape index (κ3) is 4.54. The molecule has 0 radical (unpaired) electrons. The Morgan fingerprint density at radius 3 is 2.63 bits per heavy atom. The van der Waals surface area contributed by atoms with Crippen LogP contribution in [0.5, 0.6) is 0 Å². The maximum Gasteiger partial charge on any atom is 0.0518 e. The minimum atomic E-state index is -0.278. The second-order valence-electron chi connectivity index (χ2n) is 5.04. The van der Waals surface area contributed by atoms with Gasteiger partial charge in [-0.15, -0.1) is 0 Å². The number of hydrogen-bond donors (Lipinski definition) is 3. The fourth-order valence-electron chi connectivity index (χ4n) is 2.33. The molecule has 0 spiro atoms. The number of aliphatic hydroxyl groups is 1. The number of H-pyrrole nitrogens is 1.